The first kappa shape index (κ1) is 22.4. The molecular weight excluding hydrogens is 403 g/mol. The first-order valence-electron chi connectivity index (χ1n) is 9.90. The topological polar surface area (TPSA) is 36.9 Å². The molecule has 0 spiro atoms. The molecule has 1 atom stereocenters. The number of methoxy groups -OCH3 is 1. The van der Waals surface area contributed by atoms with Gasteiger partial charge in [0.1, 0.15) is 5.75 Å². The van der Waals surface area contributed by atoms with Gasteiger partial charge in [-0.25, -0.2) is 0 Å². The van der Waals surface area contributed by atoms with Gasteiger partial charge in [-0.1, -0.05) is 49.7 Å². The highest BCUT2D eigenvalue weighted by molar-refractivity contribution is 6.76. The van der Waals surface area contributed by atoms with Crippen molar-refractivity contribution in [2.24, 2.45) is 5.41 Å². The minimum absolute atomic E-state index is 0.137. The summed E-state index contributed by atoms with van der Waals surface area (Å²) in [5.74, 6) is 0.789. The Balaban J connectivity index is 2.21. The normalized spacial score (nSPS) is 22.2. The third kappa shape index (κ3) is 5.06. The van der Waals surface area contributed by atoms with Crippen LogP contribution in [0.3, 0.4) is 0 Å². The van der Waals surface area contributed by atoms with Crippen LogP contribution < -0.4 is 4.74 Å². The molecule has 156 valence electrons. The fourth-order valence-corrected chi connectivity index (χ4v) is 4.42. The van der Waals surface area contributed by atoms with Gasteiger partial charge in [-0.15, -0.1) is 0 Å². The first-order chi connectivity index (χ1) is 13.6. The molecule has 2 aromatic carbocycles. The molecule has 1 saturated heterocycles. The molecule has 1 aliphatic rings. The summed E-state index contributed by atoms with van der Waals surface area (Å²) in [5.41, 5.74) is 0.863. The van der Waals surface area contributed by atoms with Gasteiger partial charge in [0.05, 0.1) is 13.7 Å². The van der Waals surface area contributed by atoms with E-state index in [-0.39, 0.29) is 5.41 Å². The molecule has 0 N–H and O–H groups in total. The molecule has 1 aliphatic heterocycles. The average molecular weight is 433 g/mol. The lowest BCUT2D eigenvalue weighted by atomic mass is 9.60. The minimum atomic E-state index is -1.95. The summed E-state index contributed by atoms with van der Waals surface area (Å²) in [7, 11) is -0.869. The molecule has 7 heteroatoms. The van der Waals surface area contributed by atoms with Crippen molar-refractivity contribution in [3.05, 3.63) is 64.7 Å². The Labute approximate surface area is 180 Å². The molecule has 0 aromatic heterocycles. The number of ether oxygens (including phenoxy) is 2. The van der Waals surface area contributed by atoms with Gasteiger partial charge in [0, 0.05) is 17.0 Å². The quantitative estimate of drug-likeness (QED) is 0.581. The summed E-state index contributed by atoms with van der Waals surface area (Å²) in [4.78, 5) is 0. The van der Waals surface area contributed by atoms with Crippen LogP contribution in [-0.2, 0) is 19.2 Å². The van der Waals surface area contributed by atoms with E-state index in [0.717, 1.165) is 16.9 Å². The van der Waals surface area contributed by atoms with E-state index >= 15 is 0 Å². The van der Waals surface area contributed by atoms with Crippen LogP contribution in [0.5, 0.6) is 5.75 Å². The molecule has 0 bridgehead atoms. The molecule has 29 heavy (non-hydrogen) atoms. The summed E-state index contributed by atoms with van der Waals surface area (Å²) in [6.45, 7) is 11.9. The van der Waals surface area contributed by atoms with E-state index in [9.17, 15) is 0 Å². The van der Waals surface area contributed by atoms with E-state index in [0.29, 0.717) is 18.2 Å². The van der Waals surface area contributed by atoms with Gasteiger partial charge in [0.15, 0.2) is 13.8 Å². The smallest absolute Gasteiger partial charge is 0.490 e. The standard InChI is InChI=1S/C22H30BClO4Si/c1-21(2)15-26-22(17-7-11-19(24)12-8-17,18-9-13-20(25-3)14-10-18)23(27-16-21)28-29(4,5)6/h7-14H,15-16H2,1-6H3. The Kier molecular flexibility index (Phi) is 6.51. The van der Waals surface area contributed by atoms with Crippen molar-refractivity contribution in [2.45, 2.75) is 39.0 Å². The second-order valence-electron chi connectivity index (χ2n) is 9.30. The van der Waals surface area contributed by atoms with Crippen LogP contribution in [0, 0.1) is 5.41 Å². The third-order valence-corrected chi connectivity index (χ3v) is 6.07. The van der Waals surface area contributed by atoms with Crippen molar-refractivity contribution in [3.8, 4) is 5.75 Å². The highest BCUT2D eigenvalue weighted by Crippen LogP contribution is 2.43. The van der Waals surface area contributed by atoms with Gasteiger partial charge in [-0.05, 0) is 55.0 Å². The lowest BCUT2D eigenvalue weighted by Crippen LogP contribution is -2.53. The fourth-order valence-electron chi connectivity index (χ4n) is 3.42. The molecular formula is C22H30BClO4Si. The van der Waals surface area contributed by atoms with Crippen molar-refractivity contribution < 1.29 is 18.5 Å². The van der Waals surface area contributed by atoms with Crippen LogP contribution in [0.25, 0.3) is 0 Å². The third-order valence-electron chi connectivity index (χ3n) is 4.90. The van der Waals surface area contributed by atoms with E-state index in [1.807, 2.05) is 48.5 Å². The lowest BCUT2D eigenvalue weighted by molar-refractivity contribution is -0.00393. The second-order valence-corrected chi connectivity index (χ2v) is 14.2. The van der Waals surface area contributed by atoms with Gasteiger partial charge < -0.3 is 18.5 Å². The molecule has 1 fully saturated rings. The van der Waals surface area contributed by atoms with Crippen molar-refractivity contribution in [3.63, 3.8) is 0 Å². The van der Waals surface area contributed by atoms with Gasteiger partial charge in [0.25, 0.3) is 0 Å². The number of hydrogen-bond donors (Lipinski definition) is 0. The number of halogens is 1. The zero-order valence-electron chi connectivity index (χ0n) is 18.1. The zero-order chi connectivity index (χ0) is 21.3. The molecule has 0 aliphatic carbocycles. The van der Waals surface area contributed by atoms with Crippen LogP contribution in [0.4, 0.5) is 0 Å². The highest BCUT2D eigenvalue weighted by Gasteiger charge is 2.54. The Morgan fingerprint density at radius 1 is 0.931 bits per heavy atom. The zero-order valence-corrected chi connectivity index (χ0v) is 19.9. The van der Waals surface area contributed by atoms with Crippen LogP contribution in [-0.4, -0.2) is 35.8 Å². The molecule has 0 amide bonds. The molecule has 0 radical (unpaired) electrons. The average Bonchev–Trinajstić information content (AvgIpc) is 2.79. The van der Waals surface area contributed by atoms with E-state index in [1.54, 1.807) is 7.11 Å². The molecule has 1 unspecified atom stereocenters. The van der Waals surface area contributed by atoms with Gasteiger partial charge in [-0.2, -0.15) is 0 Å². The first-order valence-corrected chi connectivity index (χ1v) is 13.7. The summed E-state index contributed by atoms with van der Waals surface area (Å²) in [5, 5.41) is 0.677. The number of hydrogen-bond acceptors (Lipinski definition) is 4. The van der Waals surface area contributed by atoms with Crippen molar-refractivity contribution in [1.82, 2.24) is 0 Å². The lowest BCUT2D eigenvalue weighted by Gasteiger charge is -2.39. The maximum absolute atomic E-state index is 6.74. The number of benzene rings is 2. The largest absolute Gasteiger partial charge is 0.497 e. The van der Waals surface area contributed by atoms with Crippen LogP contribution in [0.1, 0.15) is 25.0 Å². The van der Waals surface area contributed by atoms with Crippen LogP contribution in [0.2, 0.25) is 24.7 Å². The molecule has 0 saturated carbocycles. The summed E-state index contributed by atoms with van der Waals surface area (Å²) < 4.78 is 25.1. The van der Waals surface area contributed by atoms with Crippen molar-refractivity contribution >= 4 is 27.0 Å². The maximum Gasteiger partial charge on any atom is 0.490 e. The Morgan fingerprint density at radius 3 is 2.00 bits per heavy atom. The predicted octanol–water partition coefficient (Wildman–Crippen LogP) is 5.54. The van der Waals surface area contributed by atoms with Gasteiger partial charge >= 0.3 is 7.12 Å². The summed E-state index contributed by atoms with van der Waals surface area (Å²) >= 11 is 6.19. The van der Waals surface area contributed by atoms with E-state index in [4.69, 9.17) is 30.1 Å². The molecule has 2 aromatic rings. The van der Waals surface area contributed by atoms with Crippen molar-refractivity contribution in [1.29, 1.82) is 0 Å². The van der Waals surface area contributed by atoms with Crippen LogP contribution >= 0.6 is 11.6 Å². The Hall–Kier alpha value is -1.31. The van der Waals surface area contributed by atoms with Gasteiger partial charge in [0.2, 0.25) is 0 Å². The maximum atomic E-state index is 6.74. The highest BCUT2D eigenvalue weighted by atomic mass is 35.5. The van der Waals surface area contributed by atoms with Crippen LogP contribution in [0.15, 0.2) is 48.5 Å². The predicted molar refractivity (Wildman–Crippen MR) is 121 cm³/mol. The summed E-state index contributed by atoms with van der Waals surface area (Å²) in [6.07, 6.45) is 0. The number of rotatable bonds is 5. The molecule has 1 heterocycles. The SMILES string of the molecule is COc1ccc(C2(c3ccc(Cl)cc3)OCC(C)(C)COB2O[Si](C)(C)C)cc1. The monoisotopic (exact) mass is 432 g/mol. The van der Waals surface area contributed by atoms with E-state index < -0.39 is 20.9 Å². The minimum Gasteiger partial charge on any atom is -0.497 e. The summed E-state index contributed by atoms with van der Waals surface area (Å²) in [6, 6.07) is 15.7. The van der Waals surface area contributed by atoms with E-state index in [1.165, 1.54) is 0 Å². The van der Waals surface area contributed by atoms with E-state index in [2.05, 4.69) is 33.5 Å². The Bertz CT molecular complexity index is 820. The Morgan fingerprint density at radius 2 is 1.48 bits per heavy atom. The molecule has 3 rings (SSSR count). The molecule has 4 nitrogen and oxygen atoms in total. The van der Waals surface area contributed by atoms with Gasteiger partial charge in [-0.3, -0.25) is 0 Å². The fraction of sp³-hybridized carbons (Fsp3) is 0.455. The van der Waals surface area contributed by atoms with Crippen molar-refractivity contribution in [2.75, 3.05) is 20.3 Å². The second kappa shape index (κ2) is 8.44.